The van der Waals surface area contributed by atoms with Gasteiger partial charge >= 0.3 is 0 Å². The number of aromatic nitrogens is 1. The van der Waals surface area contributed by atoms with Gasteiger partial charge < -0.3 is 14.6 Å². The molecule has 180 valence electrons. The maximum atomic E-state index is 15.0. The van der Waals surface area contributed by atoms with Gasteiger partial charge in [0.15, 0.2) is 0 Å². The summed E-state index contributed by atoms with van der Waals surface area (Å²) in [6, 6.07) is 21.8. The fourth-order valence-corrected chi connectivity index (χ4v) is 4.93. The summed E-state index contributed by atoms with van der Waals surface area (Å²) in [7, 11) is 1.70. The number of hydrogen-bond acceptors (Lipinski definition) is 3. The predicted molar refractivity (Wildman–Crippen MR) is 137 cm³/mol. The highest BCUT2D eigenvalue weighted by molar-refractivity contribution is 5.85. The summed E-state index contributed by atoms with van der Waals surface area (Å²) in [4.78, 5) is 8.23. The molecule has 1 aromatic heterocycles. The average Bonchev–Trinajstić information content (AvgIpc) is 3.20. The second kappa shape index (κ2) is 9.92. The highest BCUT2D eigenvalue weighted by atomic mass is 19.1. The van der Waals surface area contributed by atoms with E-state index in [0.29, 0.717) is 12.1 Å². The smallest absolute Gasteiger partial charge is 0.142 e. The Kier molecular flexibility index (Phi) is 6.55. The standard InChI is InChI=1S/C29H29F2N3O/c1-20-24(19-33-14-16-34(17-15-33)26-10-6-7-11-27(26)35-2)28(23-13-12-22(30)18-25(23)31)29(32-20)21-8-4-3-5-9-21/h3-13,18,32H,14-17,19H2,1-2H3. The molecule has 0 spiro atoms. The van der Waals surface area contributed by atoms with Crippen molar-refractivity contribution in [3.8, 4) is 28.1 Å². The van der Waals surface area contributed by atoms with Gasteiger partial charge in [-0.2, -0.15) is 0 Å². The third-order valence-electron chi connectivity index (χ3n) is 6.76. The van der Waals surface area contributed by atoms with Gasteiger partial charge in [0.25, 0.3) is 0 Å². The Morgan fingerprint density at radius 1 is 0.886 bits per heavy atom. The number of para-hydroxylation sites is 2. The summed E-state index contributed by atoms with van der Waals surface area (Å²) in [6.45, 7) is 6.19. The van der Waals surface area contributed by atoms with Crippen LogP contribution in [0.4, 0.5) is 14.5 Å². The fraction of sp³-hybridized carbons (Fsp3) is 0.241. The number of H-pyrrole nitrogens is 1. The molecular weight excluding hydrogens is 444 g/mol. The van der Waals surface area contributed by atoms with Gasteiger partial charge in [-0.25, -0.2) is 8.78 Å². The van der Waals surface area contributed by atoms with Crippen LogP contribution in [0.25, 0.3) is 22.4 Å². The zero-order chi connectivity index (χ0) is 24.4. The molecule has 1 aliphatic rings. The molecule has 4 nitrogen and oxygen atoms in total. The van der Waals surface area contributed by atoms with Gasteiger partial charge in [-0.1, -0.05) is 42.5 Å². The minimum Gasteiger partial charge on any atom is -0.495 e. The minimum absolute atomic E-state index is 0.414. The molecule has 0 aliphatic carbocycles. The molecule has 0 saturated carbocycles. The topological polar surface area (TPSA) is 31.5 Å². The lowest BCUT2D eigenvalue weighted by Gasteiger charge is -2.36. The van der Waals surface area contributed by atoms with Crippen molar-refractivity contribution in [1.82, 2.24) is 9.88 Å². The first kappa shape index (κ1) is 23.1. The van der Waals surface area contributed by atoms with Crippen molar-refractivity contribution in [2.45, 2.75) is 13.5 Å². The molecule has 2 heterocycles. The number of benzene rings is 3. The van der Waals surface area contributed by atoms with Crippen molar-refractivity contribution < 1.29 is 13.5 Å². The van der Waals surface area contributed by atoms with E-state index in [0.717, 1.165) is 71.8 Å². The summed E-state index contributed by atoms with van der Waals surface area (Å²) in [5.74, 6) is -0.249. The monoisotopic (exact) mass is 473 g/mol. The number of piperazine rings is 1. The van der Waals surface area contributed by atoms with Crippen molar-refractivity contribution >= 4 is 5.69 Å². The zero-order valence-corrected chi connectivity index (χ0v) is 20.0. The highest BCUT2D eigenvalue weighted by Crippen LogP contribution is 2.39. The number of aryl methyl sites for hydroxylation is 1. The second-order valence-electron chi connectivity index (χ2n) is 8.90. The molecule has 3 aromatic carbocycles. The van der Waals surface area contributed by atoms with Crippen molar-refractivity contribution in [3.05, 3.63) is 95.7 Å². The van der Waals surface area contributed by atoms with Gasteiger partial charge in [-0.15, -0.1) is 0 Å². The van der Waals surface area contributed by atoms with Crippen LogP contribution in [0.5, 0.6) is 5.75 Å². The zero-order valence-electron chi connectivity index (χ0n) is 20.0. The van der Waals surface area contributed by atoms with Gasteiger partial charge in [0.2, 0.25) is 0 Å². The van der Waals surface area contributed by atoms with E-state index in [1.165, 1.54) is 6.07 Å². The largest absolute Gasteiger partial charge is 0.495 e. The van der Waals surface area contributed by atoms with E-state index in [9.17, 15) is 4.39 Å². The molecule has 1 saturated heterocycles. The first-order chi connectivity index (χ1) is 17.0. The number of halogens is 2. The van der Waals surface area contributed by atoms with E-state index >= 15 is 4.39 Å². The summed E-state index contributed by atoms with van der Waals surface area (Å²) < 4.78 is 34.3. The van der Waals surface area contributed by atoms with Crippen LogP contribution in [0.1, 0.15) is 11.3 Å². The van der Waals surface area contributed by atoms with Crippen LogP contribution in [0.2, 0.25) is 0 Å². The van der Waals surface area contributed by atoms with Crippen molar-refractivity contribution in [1.29, 1.82) is 0 Å². The number of methoxy groups -OCH3 is 1. The van der Waals surface area contributed by atoms with E-state index < -0.39 is 11.6 Å². The van der Waals surface area contributed by atoms with Gasteiger partial charge in [-0.05, 0) is 42.3 Å². The first-order valence-corrected chi connectivity index (χ1v) is 11.9. The molecule has 1 fully saturated rings. The number of nitrogens with zero attached hydrogens (tertiary/aromatic N) is 2. The third-order valence-corrected chi connectivity index (χ3v) is 6.76. The maximum absolute atomic E-state index is 15.0. The Morgan fingerprint density at radius 2 is 1.60 bits per heavy atom. The van der Waals surface area contributed by atoms with Crippen LogP contribution in [-0.4, -0.2) is 43.2 Å². The summed E-state index contributed by atoms with van der Waals surface area (Å²) in [6.07, 6.45) is 0. The van der Waals surface area contributed by atoms with Crippen LogP contribution >= 0.6 is 0 Å². The van der Waals surface area contributed by atoms with E-state index in [4.69, 9.17) is 4.74 Å². The van der Waals surface area contributed by atoms with Crippen LogP contribution < -0.4 is 9.64 Å². The molecule has 0 bridgehead atoms. The molecule has 0 atom stereocenters. The maximum Gasteiger partial charge on any atom is 0.142 e. The molecule has 0 amide bonds. The van der Waals surface area contributed by atoms with E-state index in [1.54, 1.807) is 13.2 Å². The Bertz CT molecular complexity index is 1310. The number of ether oxygens (including phenoxy) is 1. The van der Waals surface area contributed by atoms with Crippen LogP contribution in [-0.2, 0) is 6.54 Å². The molecule has 0 radical (unpaired) electrons. The van der Waals surface area contributed by atoms with Crippen LogP contribution in [0, 0.1) is 18.6 Å². The number of rotatable bonds is 6. The Balaban J connectivity index is 1.45. The number of aromatic amines is 1. The number of anilines is 1. The molecule has 5 rings (SSSR count). The highest BCUT2D eigenvalue weighted by Gasteiger charge is 2.25. The van der Waals surface area contributed by atoms with Crippen LogP contribution in [0.3, 0.4) is 0 Å². The van der Waals surface area contributed by atoms with Crippen molar-refractivity contribution in [2.24, 2.45) is 0 Å². The predicted octanol–water partition coefficient (Wildman–Crippen LogP) is 6.27. The fourth-order valence-electron chi connectivity index (χ4n) is 4.93. The molecular formula is C29H29F2N3O. The van der Waals surface area contributed by atoms with Gasteiger partial charge in [-0.3, -0.25) is 4.90 Å². The van der Waals surface area contributed by atoms with E-state index in [2.05, 4.69) is 20.9 Å². The minimum atomic E-state index is -0.575. The van der Waals surface area contributed by atoms with E-state index in [-0.39, 0.29) is 0 Å². The van der Waals surface area contributed by atoms with Crippen molar-refractivity contribution in [2.75, 3.05) is 38.2 Å². The molecule has 6 heteroatoms. The number of hydrogen-bond donors (Lipinski definition) is 1. The van der Waals surface area contributed by atoms with Gasteiger partial charge in [0.1, 0.15) is 17.4 Å². The van der Waals surface area contributed by atoms with E-state index in [1.807, 2.05) is 55.5 Å². The van der Waals surface area contributed by atoms with Gasteiger partial charge in [0, 0.05) is 55.6 Å². The Hall–Kier alpha value is -3.64. The molecule has 0 unspecified atom stereocenters. The third kappa shape index (κ3) is 4.66. The molecule has 35 heavy (non-hydrogen) atoms. The SMILES string of the molecule is COc1ccccc1N1CCN(Cc2c(C)[nH]c(-c3ccccc3)c2-c2ccc(F)cc2F)CC1. The van der Waals surface area contributed by atoms with Gasteiger partial charge in [0.05, 0.1) is 18.5 Å². The lowest BCUT2D eigenvalue weighted by atomic mass is 9.96. The summed E-state index contributed by atoms with van der Waals surface area (Å²) in [5.41, 5.74) is 6.19. The quantitative estimate of drug-likeness (QED) is 0.358. The summed E-state index contributed by atoms with van der Waals surface area (Å²) >= 11 is 0. The Labute approximate surface area is 204 Å². The Morgan fingerprint density at radius 3 is 2.31 bits per heavy atom. The normalized spacial score (nSPS) is 14.3. The summed E-state index contributed by atoms with van der Waals surface area (Å²) in [5, 5.41) is 0. The molecule has 4 aromatic rings. The average molecular weight is 474 g/mol. The van der Waals surface area contributed by atoms with Crippen molar-refractivity contribution in [3.63, 3.8) is 0 Å². The second-order valence-corrected chi connectivity index (χ2v) is 8.90. The lowest BCUT2D eigenvalue weighted by molar-refractivity contribution is 0.249. The first-order valence-electron chi connectivity index (χ1n) is 11.9. The molecule has 1 aliphatic heterocycles. The lowest BCUT2D eigenvalue weighted by Crippen LogP contribution is -2.46. The van der Waals surface area contributed by atoms with Crippen LogP contribution in [0.15, 0.2) is 72.8 Å². The number of nitrogens with one attached hydrogen (secondary N) is 1. The molecule has 1 N–H and O–H groups in total.